The molecule has 1 aromatic rings. The zero-order valence-electron chi connectivity index (χ0n) is 11.3. The third-order valence-electron chi connectivity index (χ3n) is 3.88. The summed E-state index contributed by atoms with van der Waals surface area (Å²) in [6.07, 6.45) is 2.23. The van der Waals surface area contributed by atoms with Crippen molar-refractivity contribution in [2.45, 2.75) is 44.6 Å². The van der Waals surface area contributed by atoms with E-state index in [-0.39, 0.29) is 18.7 Å². The standard InChI is InChI=1S/C15H19BrF3N/c16-13-9-12(1-2-14(13)17)10-20-8-5-11-3-6-15(18,19)7-4-11/h1-2,9,11,20H,3-8,10H2. The van der Waals surface area contributed by atoms with Crippen LogP contribution in [0.5, 0.6) is 0 Å². The van der Waals surface area contributed by atoms with Crippen LogP contribution in [0.25, 0.3) is 0 Å². The summed E-state index contributed by atoms with van der Waals surface area (Å²) in [7, 11) is 0. The molecule has 0 aromatic heterocycles. The van der Waals surface area contributed by atoms with E-state index in [1.807, 2.05) is 0 Å². The van der Waals surface area contributed by atoms with Gasteiger partial charge in [-0.1, -0.05) is 6.07 Å². The van der Waals surface area contributed by atoms with Gasteiger partial charge >= 0.3 is 0 Å². The van der Waals surface area contributed by atoms with Crippen molar-refractivity contribution in [1.29, 1.82) is 0 Å². The molecule has 1 aliphatic rings. The van der Waals surface area contributed by atoms with Gasteiger partial charge in [0.25, 0.3) is 0 Å². The third kappa shape index (κ3) is 4.77. The summed E-state index contributed by atoms with van der Waals surface area (Å²) in [4.78, 5) is 0. The molecule has 112 valence electrons. The van der Waals surface area contributed by atoms with E-state index in [1.165, 1.54) is 6.07 Å². The molecular formula is C15H19BrF3N. The number of hydrogen-bond acceptors (Lipinski definition) is 1. The average molecular weight is 350 g/mol. The largest absolute Gasteiger partial charge is 0.313 e. The van der Waals surface area contributed by atoms with Gasteiger partial charge in [-0.25, -0.2) is 13.2 Å². The van der Waals surface area contributed by atoms with Gasteiger partial charge in [0.2, 0.25) is 5.92 Å². The highest BCUT2D eigenvalue weighted by atomic mass is 79.9. The molecule has 20 heavy (non-hydrogen) atoms. The molecule has 0 radical (unpaired) electrons. The van der Waals surface area contributed by atoms with E-state index in [2.05, 4.69) is 21.2 Å². The van der Waals surface area contributed by atoms with Crippen molar-refractivity contribution in [3.63, 3.8) is 0 Å². The van der Waals surface area contributed by atoms with Crippen molar-refractivity contribution in [3.8, 4) is 0 Å². The van der Waals surface area contributed by atoms with Gasteiger partial charge in [-0.15, -0.1) is 0 Å². The molecule has 0 atom stereocenters. The number of nitrogens with one attached hydrogen (secondary N) is 1. The van der Waals surface area contributed by atoms with Gasteiger partial charge in [0.05, 0.1) is 4.47 Å². The lowest BCUT2D eigenvalue weighted by Gasteiger charge is -2.28. The Morgan fingerprint density at radius 1 is 1.25 bits per heavy atom. The lowest BCUT2D eigenvalue weighted by Crippen LogP contribution is -2.26. The fraction of sp³-hybridized carbons (Fsp3) is 0.600. The lowest BCUT2D eigenvalue weighted by molar-refractivity contribution is -0.0464. The summed E-state index contributed by atoms with van der Waals surface area (Å²) in [5, 5.41) is 3.29. The Kier molecular flexibility index (Phi) is 5.49. The van der Waals surface area contributed by atoms with Gasteiger partial charge in [0.15, 0.2) is 0 Å². The average Bonchev–Trinajstić information content (AvgIpc) is 2.40. The van der Waals surface area contributed by atoms with Gasteiger partial charge in [-0.3, -0.25) is 0 Å². The predicted molar refractivity (Wildman–Crippen MR) is 77.3 cm³/mol. The van der Waals surface area contributed by atoms with Crippen molar-refractivity contribution < 1.29 is 13.2 Å². The monoisotopic (exact) mass is 349 g/mol. The summed E-state index contributed by atoms with van der Waals surface area (Å²) < 4.78 is 39.5. The molecule has 0 saturated heterocycles. The molecule has 5 heteroatoms. The predicted octanol–water partition coefficient (Wildman–Crippen LogP) is 4.89. The molecule has 1 N–H and O–H groups in total. The van der Waals surface area contributed by atoms with Crippen LogP contribution >= 0.6 is 15.9 Å². The molecule has 0 bridgehead atoms. The number of alkyl halides is 2. The summed E-state index contributed by atoms with van der Waals surface area (Å²) >= 11 is 3.15. The van der Waals surface area contributed by atoms with Crippen LogP contribution in [0.4, 0.5) is 13.2 Å². The Hall–Kier alpha value is -0.550. The smallest absolute Gasteiger partial charge is 0.248 e. The lowest BCUT2D eigenvalue weighted by atomic mass is 9.85. The second-order valence-corrected chi connectivity index (χ2v) is 6.37. The zero-order chi connectivity index (χ0) is 14.6. The fourth-order valence-corrected chi connectivity index (χ4v) is 3.00. The minimum Gasteiger partial charge on any atom is -0.313 e. The number of hydrogen-bond donors (Lipinski definition) is 1. The summed E-state index contributed by atoms with van der Waals surface area (Å²) in [5.41, 5.74) is 1.01. The summed E-state index contributed by atoms with van der Waals surface area (Å²) in [5.74, 6) is -2.30. The van der Waals surface area contributed by atoms with Crippen LogP contribution in [-0.2, 0) is 6.54 Å². The van der Waals surface area contributed by atoms with E-state index in [1.54, 1.807) is 12.1 Å². The van der Waals surface area contributed by atoms with Gasteiger partial charge in [0.1, 0.15) is 5.82 Å². The maximum Gasteiger partial charge on any atom is 0.248 e. The Balaban J connectivity index is 1.65. The van der Waals surface area contributed by atoms with E-state index >= 15 is 0 Å². The molecule has 1 nitrogen and oxygen atoms in total. The molecule has 0 aliphatic heterocycles. The van der Waals surface area contributed by atoms with Crippen molar-refractivity contribution in [2.75, 3.05) is 6.54 Å². The quantitative estimate of drug-likeness (QED) is 0.746. The third-order valence-corrected chi connectivity index (χ3v) is 4.49. The minimum atomic E-state index is -2.44. The summed E-state index contributed by atoms with van der Waals surface area (Å²) in [6.45, 7) is 1.48. The summed E-state index contributed by atoms with van der Waals surface area (Å²) in [6, 6.07) is 4.93. The molecule has 1 aromatic carbocycles. The van der Waals surface area contributed by atoms with Gasteiger partial charge in [-0.2, -0.15) is 0 Å². The van der Waals surface area contributed by atoms with Crippen LogP contribution in [0.1, 0.15) is 37.7 Å². The first-order valence-electron chi connectivity index (χ1n) is 6.99. The Morgan fingerprint density at radius 2 is 1.95 bits per heavy atom. The molecule has 1 aliphatic carbocycles. The zero-order valence-corrected chi connectivity index (χ0v) is 12.9. The molecule has 0 amide bonds. The Morgan fingerprint density at radius 3 is 2.60 bits per heavy atom. The molecule has 1 fully saturated rings. The second-order valence-electron chi connectivity index (χ2n) is 5.51. The highest BCUT2D eigenvalue weighted by Crippen LogP contribution is 2.37. The van der Waals surface area contributed by atoms with Crippen molar-refractivity contribution in [3.05, 3.63) is 34.1 Å². The first kappa shape index (κ1) is 15.8. The van der Waals surface area contributed by atoms with Crippen LogP contribution in [0.3, 0.4) is 0 Å². The molecule has 0 heterocycles. The van der Waals surface area contributed by atoms with Crippen LogP contribution in [0.15, 0.2) is 22.7 Å². The first-order chi connectivity index (χ1) is 9.46. The van der Waals surface area contributed by atoms with Crippen molar-refractivity contribution in [2.24, 2.45) is 5.92 Å². The van der Waals surface area contributed by atoms with E-state index < -0.39 is 5.92 Å². The number of halogens is 4. The Bertz CT molecular complexity index is 441. The molecule has 2 rings (SSSR count). The fourth-order valence-electron chi connectivity index (χ4n) is 2.58. The van der Waals surface area contributed by atoms with E-state index in [0.717, 1.165) is 18.5 Å². The highest BCUT2D eigenvalue weighted by molar-refractivity contribution is 9.10. The van der Waals surface area contributed by atoms with E-state index in [0.29, 0.717) is 29.8 Å². The Labute approximate surface area is 126 Å². The molecular weight excluding hydrogens is 331 g/mol. The number of rotatable bonds is 5. The van der Waals surface area contributed by atoms with Crippen molar-refractivity contribution >= 4 is 15.9 Å². The maximum atomic E-state index is 13.1. The molecule has 1 saturated carbocycles. The highest BCUT2D eigenvalue weighted by Gasteiger charge is 2.34. The molecule has 0 unspecified atom stereocenters. The van der Waals surface area contributed by atoms with E-state index in [4.69, 9.17) is 0 Å². The maximum absolute atomic E-state index is 13.1. The SMILES string of the molecule is Fc1ccc(CNCCC2CCC(F)(F)CC2)cc1Br. The normalized spacial score (nSPS) is 19.2. The minimum absolute atomic E-state index is 0.0303. The second kappa shape index (κ2) is 6.94. The van der Waals surface area contributed by atoms with Crippen LogP contribution in [0, 0.1) is 11.7 Å². The number of benzene rings is 1. The molecule has 0 spiro atoms. The first-order valence-corrected chi connectivity index (χ1v) is 7.78. The van der Waals surface area contributed by atoms with Crippen LogP contribution in [0.2, 0.25) is 0 Å². The van der Waals surface area contributed by atoms with E-state index in [9.17, 15) is 13.2 Å². The topological polar surface area (TPSA) is 12.0 Å². The van der Waals surface area contributed by atoms with Crippen LogP contribution in [-0.4, -0.2) is 12.5 Å². The van der Waals surface area contributed by atoms with Gasteiger partial charge in [0, 0.05) is 19.4 Å². The van der Waals surface area contributed by atoms with Gasteiger partial charge < -0.3 is 5.32 Å². The van der Waals surface area contributed by atoms with Crippen molar-refractivity contribution in [1.82, 2.24) is 5.32 Å². The van der Waals surface area contributed by atoms with Gasteiger partial charge in [-0.05, 0) is 65.4 Å². The van der Waals surface area contributed by atoms with Crippen LogP contribution < -0.4 is 5.32 Å².